The first kappa shape index (κ1) is 21.5. The van der Waals surface area contributed by atoms with Crippen molar-refractivity contribution >= 4 is 35.0 Å². The molecule has 3 aromatic rings. The highest BCUT2D eigenvalue weighted by Gasteiger charge is 2.45. The molecular formula is C26H24ClFN2OS. The fourth-order valence-corrected chi connectivity index (χ4v) is 6.20. The number of carbonyl (C=O) groups is 1. The van der Waals surface area contributed by atoms with Gasteiger partial charge in [0.15, 0.2) is 0 Å². The number of anilines is 1. The molecule has 32 heavy (non-hydrogen) atoms. The SMILES string of the molecule is Cc1cc(C(=O)N2CC3(CCCCC3)c3cc(Sc4ccc(F)cc4)ccc32)cc(Cl)n1. The second kappa shape index (κ2) is 8.53. The van der Waals surface area contributed by atoms with E-state index in [1.54, 1.807) is 36.0 Å². The van der Waals surface area contributed by atoms with Crippen LogP contribution in [0.3, 0.4) is 0 Å². The van der Waals surface area contributed by atoms with E-state index in [0.29, 0.717) is 17.3 Å². The molecule has 1 amide bonds. The Balaban J connectivity index is 1.52. The quantitative estimate of drug-likeness (QED) is 0.383. The van der Waals surface area contributed by atoms with Crippen LogP contribution in [0.2, 0.25) is 5.15 Å². The lowest BCUT2D eigenvalue weighted by molar-refractivity contribution is 0.0982. The summed E-state index contributed by atoms with van der Waals surface area (Å²) >= 11 is 7.77. The number of nitrogens with zero attached hydrogens (tertiary/aromatic N) is 2. The van der Waals surface area contributed by atoms with E-state index in [4.69, 9.17) is 11.6 Å². The molecule has 3 nitrogen and oxygen atoms in total. The highest BCUT2D eigenvalue weighted by Crippen LogP contribution is 2.51. The van der Waals surface area contributed by atoms with Gasteiger partial charge in [0.25, 0.3) is 5.91 Å². The fourth-order valence-electron chi connectivity index (χ4n) is 5.10. The zero-order chi connectivity index (χ0) is 22.3. The summed E-state index contributed by atoms with van der Waals surface area (Å²) < 4.78 is 13.3. The molecule has 5 rings (SSSR count). The van der Waals surface area contributed by atoms with Crippen molar-refractivity contribution in [3.05, 3.63) is 82.4 Å². The minimum absolute atomic E-state index is 0.00548. The van der Waals surface area contributed by atoms with Gasteiger partial charge in [-0.1, -0.05) is 42.6 Å². The summed E-state index contributed by atoms with van der Waals surface area (Å²) in [5.74, 6) is -0.259. The lowest BCUT2D eigenvalue weighted by Crippen LogP contribution is -2.38. The summed E-state index contributed by atoms with van der Waals surface area (Å²) in [5.41, 5.74) is 3.55. The standard InChI is InChI=1S/C26H24ClFN2OS/c1-17-13-18(14-24(27)29-17)25(31)30-16-26(11-3-2-4-12-26)22-15-21(9-10-23(22)30)32-20-7-5-19(28)6-8-20/h5-10,13-15H,2-4,11-12,16H2,1H3. The maximum Gasteiger partial charge on any atom is 0.258 e. The molecule has 2 aliphatic rings. The Morgan fingerprint density at radius 3 is 2.47 bits per heavy atom. The maximum absolute atomic E-state index is 13.5. The van der Waals surface area contributed by atoms with Crippen LogP contribution < -0.4 is 4.90 Å². The van der Waals surface area contributed by atoms with Crippen LogP contribution in [-0.2, 0) is 5.41 Å². The second-order valence-electron chi connectivity index (χ2n) is 8.79. The van der Waals surface area contributed by atoms with Crippen molar-refractivity contribution in [2.75, 3.05) is 11.4 Å². The zero-order valence-corrected chi connectivity index (χ0v) is 19.5. The topological polar surface area (TPSA) is 33.2 Å². The van der Waals surface area contributed by atoms with E-state index in [0.717, 1.165) is 34.0 Å². The molecule has 1 fully saturated rings. The lowest BCUT2D eigenvalue weighted by atomic mass is 9.71. The number of rotatable bonds is 3. The number of carbonyl (C=O) groups excluding carboxylic acids is 1. The van der Waals surface area contributed by atoms with Crippen LogP contribution >= 0.6 is 23.4 Å². The minimum Gasteiger partial charge on any atom is -0.307 e. The number of aromatic nitrogens is 1. The predicted molar refractivity (Wildman–Crippen MR) is 127 cm³/mol. The third-order valence-electron chi connectivity index (χ3n) is 6.57. The number of fused-ring (bicyclic) bond motifs is 2. The molecule has 0 N–H and O–H groups in total. The Kier molecular flexibility index (Phi) is 5.72. The number of benzene rings is 2. The number of halogens is 2. The van der Waals surface area contributed by atoms with Crippen LogP contribution in [-0.4, -0.2) is 17.4 Å². The Labute approximate surface area is 197 Å². The van der Waals surface area contributed by atoms with Gasteiger partial charge < -0.3 is 4.90 Å². The zero-order valence-electron chi connectivity index (χ0n) is 17.9. The van der Waals surface area contributed by atoms with Crippen LogP contribution in [0.15, 0.2) is 64.4 Å². The monoisotopic (exact) mass is 466 g/mol. The van der Waals surface area contributed by atoms with Crippen LogP contribution in [0.5, 0.6) is 0 Å². The predicted octanol–water partition coefficient (Wildman–Crippen LogP) is 7.20. The van der Waals surface area contributed by atoms with Crippen LogP contribution in [0, 0.1) is 12.7 Å². The largest absolute Gasteiger partial charge is 0.307 e. The Hall–Kier alpha value is -2.37. The summed E-state index contributed by atoms with van der Waals surface area (Å²) in [5, 5.41) is 0.339. The molecule has 6 heteroatoms. The molecular weight excluding hydrogens is 443 g/mol. The number of pyridine rings is 1. The van der Waals surface area contributed by atoms with Gasteiger partial charge in [0.1, 0.15) is 11.0 Å². The number of hydrogen-bond donors (Lipinski definition) is 0. The van der Waals surface area contributed by atoms with E-state index >= 15 is 0 Å². The Morgan fingerprint density at radius 1 is 1.03 bits per heavy atom. The third kappa shape index (κ3) is 4.04. The average Bonchev–Trinajstić information content (AvgIpc) is 3.08. The summed E-state index contributed by atoms with van der Waals surface area (Å²) in [6.45, 7) is 2.55. The number of hydrogen-bond acceptors (Lipinski definition) is 3. The van der Waals surface area contributed by atoms with E-state index < -0.39 is 0 Å². The summed E-state index contributed by atoms with van der Waals surface area (Å²) in [6, 6.07) is 16.4. The van der Waals surface area contributed by atoms with Gasteiger partial charge >= 0.3 is 0 Å². The molecule has 164 valence electrons. The smallest absolute Gasteiger partial charge is 0.258 e. The van der Waals surface area contributed by atoms with E-state index in [1.165, 1.54) is 37.0 Å². The molecule has 0 bridgehead atoms. The number of aryl methyl sites for hydroxylation is 1. The summed E-state index contributed by atoms with van der Waals surface area (Å²) in [7, 11) is 0. The van der Waals surface area contributed by atoms with Gasteiger partial charge in [0, 0.05) is 38.7 Å². The molecule has 1 aliphatic carbocycles. The number of amides is 1. The van der Waals surface area contributed by atoms with Gasteiger partial charge in [0.2, 0.25) is 0 Å². The summed E-state index contributed by atoms with van der Waals surface area (Å²) in [4.78, 5) is 21.8. The van der Waals surface area contributed by atoms with Crippen molar-refractivity contribution in [2.45, 2.75) is 54.2 Å². The highest BCUT2D eigenvalue weighted by atomic mass is 35.5. The van der Waals surface area contributed by atoms with Crippen molar-refractivity contribution in [3.8, 4) is 0 Å². The summed E-state index contributed by atoms with van der Waals surface area (Å²) in [6.07, 6.45) is 5.78. The van der Waals surface area contributed by atoms with Gasteiger partial charge in [-0.3, -0.25) is 4.79 Å². The van der Waals surface area contributed by atoms with Crippen LogP contribution in [0.25, 0.3) is 0 Å². The van der Waals surface area contributed by atoms with Gasteiger partial charge in [-0.2, -0.15) is 0 Å². The fraction of sp³-hybridized carbons (Fsp3) is 0.308. The lowest BCUT2D eigenvalue weighted by Gasteiger charge is -2.34. The molecule has 0 saturated heterocycles. The van der Waals surface area contributed by atoms with E-state index in [1.807, 2.05) is 11.8 Å². The maximum atomic E-state index is 13.5. The molecule has 1 spiro atoms. The molecule has 2 aromatic carbocycles. The molecule has 0 atom stereocenters. The van der Waals surface area contributed by atoms with E-state index in [9.17, 15) is 9.18 Å². The normalized spacial score (nSPS) is 16.9. The molecule has 0 radical (unpaired) electrons. The van der Waals surface area contributed by atoms with Crippen LogP contribution in [0.4, 0.5) is 10.1 Å². The van der Waals surface area contributed by atoms with Crippen molar-refractivity contribution in [3.63, 3.8) is 0 Å². The first-order chi connectivity index (χ1) is 15.4. The molecule has 1 saturated carbocycles. The Bertz CT molecular complexity index is 1150. The van der Waals surface area contributed by atoms with Gasteiger partial charge in [0.05, 0.1) is 0 Å². The van der Waals surface area contributed by atoms with Gasteiger partial charge in [-0.25, -0.2) is 9.37 Å². The first-order valence-electron chi connectivity index (χ1n) is 11.0. The minimum atomic E-state index is -0.231. The van der Waals surface area contributed by atoms with Crippen molar-refractivity contribution in [1.82, 2.24) is 4.98 Å². The van der Waals surface area contributed by atoms with Gasteiger partial charge in [-0.05, 0) is 79.9 Å². The van der Waals surface area contributed by atoms with Crippen molar-refractivity contribution in [2.24, 2.45) is 0 Å². The Morgan fingerprint density at radius 2 is 1.75 bits per heavy atom. The van der Waals surface area contributed by atoms with E-state index in [2.05, 4.69) is 23.2 Å². The molecule has 1 aromatic heterocycles. The van der Waals surface area contributed by atoms with Crippen LogP contribution in [0.1, 0.15) is 53.7 Å². The molecule has 0 unspecified atom stereocenters. The second-order valence-corrected chi connectivity index (χ2v) is 10.3. The average molecular weight is 467 g/mol. The third-order valence-corrected chi connectivity index (χ3v) is 7.76. The van der Waals surface area contributed by atoms with Crippen molar-refractivity contribution in [1.29, 1.82) is 0 Å². The van der Waals surface area contributed by atoms with Crippen molar-refractivity contribution < 1.29 is 9.18 Å². The van der Waals surface area contributed by atoms with Gasteiger partial charge in [-0.15, -0.1) is 0 Å². The molecule has 2 heterocycles. The van der Waals surface area contributed by atoms with E-state index in [-0.39, 0.29) is 17.1 Å². The molecule has 1 aliphatic heterocycles. The first-order valence-corrected chi connectivity index (χ1v) is 12.2. The highest BCUT2D eigenvalue weighted by molar-refractivity contribution is 7.99.